The third-order valence-corrected chi connectivity index (χ3v) is 22.7. The molecule has 4 N–H and O–H groups in total. The van der Waals surface area contributed by atoms with Crippen molar-refractivity contribution >= 4 is 0 Å². The first-order valence-electron chi connectivity index (χ1n) is 28.9. The molecule has 9 aliphatic rings. The van der Waals surface area contributed by atoms with Gasteiger partial charge in [-0.05, 0) is 177 Å². The molecule has 0 aromatic carbocycles. The van der Waals surface area contributed by atoms with Gasteiger partial charge in [0.25, 0.3) is 0 Å². The average molecular weight is 861 g/mol. The SMILES string of the molecule is CC1CC(O)C(C2CCCCC2)CC1CC1CC(C2(C3CC(CC4CC(C5CCCCC5)C(O)CC4C)C(O)C(C4CCCCC4)C3)CCCCC2)CC(C2CCCCC2)C1O. The van der Waals surface area contributed by atoms with Crippen LogP contribution in [0.25, 0.3) is 0 Å². The molecule has 0 heterocycles. The summed E-state index contributed by atoms with van der Waals surface area (Å²) in [5, 5.41) is 48.7. The predicted molar refractivity (Wildman–Crippen MR) is 255 cm³/mol. The van der Waals surface area contributed by atoms with Crippen molar-refractivity contribution < 1.29 is 20.4 Å². The lowest BCUT2D eigenvalue weighted by atomic mass is 9.47. The summed E-state index contributed by atoms with van der Waals surface area (Å²) in [6.45, 7) is 4.92. The normalized spacial score (nSPS) is 46.4. The van der Waals surface area contributed by atoms with Gasteiger partial charge in [0, 0.05) is 0 Å². The van der Waals surface area contributed by atoms with E-state index in [1.807, 2.05) is 0 Å². The summed E-state index contributed by atoms with van der Waals surface area (Å²) in [4.78, 5) is 0. The molecule has 9 fully saturated rings. The van der Waals surface area contributed by atoms with Gasteiger partial charge in [0.05, 0.1) is 24.4 Å². The minimum Gasteiger partial charge on any atom is -0.393 e. The smallest absolute Gasteiger partial charge is 0.0599 e. The van der Waals surface area contributed by atoms with E-state index in [1.165, 1.54) is 212 Å². The maximum absolute atomic E-state index is 12.8. The summed E-state index contributed by atoms with van der Waals surface area (Å²) < 4.78 is 0. The molecular formula is C58H100O4. The van der Waals surface area contributed by atoms with Crippen molar-refractivity contribution in [2.24, 2.45) is 100 Å². The van der Waals surface area contributed by atoms with Gasteiger partial charge in [0.1, 0.15) is 0 Å². The fraction of sp³-hybridized carbons (Fsp3) is 1.00. The summed E-state index contributed by atoms with van der Waals surface area (Å²) in [7, 11) is 0. The van der Waals surface area contributed by atoms with Crippen LogP contribution in [0.2, 0.25) is 0 Å². The Kier molecular flexibility index (Phi) is 16.2. The fourth-order valence-corrected chi connectivity index (χ4v) is 19.2. The van der Waals surface area contributed by atoms with E-state index in [-0.39, 0.29) is 24.4 Å². The Hall–Kier alpha value is -0.160. The van der Waals surface area contributed by atoms with Crippen LogP contribution in [0, 0.1) is 100 Å². The summed E-state index contributed by atoms with van der Waals surface area (Å²) >= 11 is 0. The first kappa shape index (κ1) is 46.9. The van der Waals surface area contributed by atoms with Crippen LogP contribution in [0.5, 0.6) is 0 Å². The van der Waals surface area contributed by atoms with Crippen molar-refractivity contribution in [1.82, 2.24) is 0 Å². The second kappa shape index (κ2) is 21.4. The molecule has 9 aliphatic carbocycles. The highest BCUT2D eigenvalue weighted by Gasteiger charge is 2.56. The molecule has 9 saturated carbocycles. The summed E-state index contributed by atoms with van der Waals surface area (Å²) in [6.07, 6.45) is 45.2. The zero-order chi connectivity index (χ0) is 42.8. The van der Waals surface area contributed by atoms with Crippen LogP contribution in [0.4, 0.5) is 0 Å². The third kappa shape index (κ3) is 10.3. The molecule has 16 unspecified atom stereocenters. The number of aliphatic hydroxyl groups is 4. The van der Waals surface area contributed by atoms with Crippen molar-refractivity contribution in [2.45, 2.75) is 263 Å². The van der Waals surface area contributed by atoms with Crippen molar-refractivity contribution in [1.29, 1.82) is 0 Å². The topological polar surface area (TPSA) is 80.9 Å². The Morgan fingerprint density at radius 1 is 0.339 bits per heavy atom. The van der Waals surface area contributed by atoms with E-state index < -0.39 is 0 Å². The van der Waals surface area contributed by atoms with Gasteiger partial charge >= 0.3 is 0 Å². The lowest BCUT2D eigenvalue weighted by Crippen LogP contribution is -2.53. The van der Waals surface area contributed by atoms with Gasteiger partial charge in [0.2, 0.25) is 0 Å². The van der Waals surface area contributed by atoms with Gasteiger partial charge in [-0.25, -0.2) is 0 Å². The Morgan fingerprint density at radius 3 is 1.02 bits per heavy atom. The zero-order valence-corrected chi connectivity index (χ0v) is 40.6. The summed E-state index contributed by atoms with van der Waals surface area (Å²) in [6, 6.07) is 0. The second-order valence-electron chi connectivity index (χ2n) is 25.9. The van der Waals surface area contributed by atoms with Gasteiger partial charge in [-0.1, -0.05) is 162 Å². The van der Waals surface area contributed by atoms with Crippen LogP contribution in [0.15, 0.2) is 0 Å². The number of hydrogen-bond acceptors (Lipinski definition) is 4. The summed E-state index contributed by atoms with van der Waals surface area (Å²) in [5.74, 6) is 9.26. The molecule has 9 rings (SSSR count). The molecule has 0 aromatic rings. The van der Waals surface area contributed by atoms with E-state index in [0.29, 0.717) is 100 Å². The molecule has 4 nitrogen and oxygen atoms in total. The quantitative estimate of drug-likeness (QED) is 0.176. The molecule has 0 aliphatic heterocycles. The predicted octanol–water partition coefficient (Wildman–Crippen LogP) is 14.1. The third-order valence-electron chi connectivity index (χ3n) is 22.7. The van der Waals surface area contributed by atoms with E-state index in [1.54, 1.807) is 0 Å². The molecule has 0 amide bonds. The lowest BCUT2D eigenvalue weighted by Gasteiger charge is -2.59. The monoisotopic (exact) mass is 861 g/mol. The number of aliphatic hydroxyl groups excluding tert-OH is 4. The first-order chi connectivity index (χ1) is 30.2. The Morgan fingerprint density at radius 2 is 0.661 bits per heavy atom. The first-order valence-corrected chi connectivity index (χ1v) is 28.9. The highest BCUT2D eigenvalue weighted by molar-refractivity contribution is 5.06. The highest BCUT2D eigenvalue weighted by atomic mass is 16.3. The molecule has 0 bridgehead atoms. The van der Waals surface area contributed by atoms with Crippen LogP contribution in [0.3, 0.4) is 0 Å². The number of hydrogen-bond donors (Lipinski definition) is 4. The fourth-order valence-electron chi connectivity index (χ4n) is 19.2. The van der Waals surface area contributed by atoms with E-state index in [0.717, 1.165) is 12.8 Å². The highest BCUT2D eigenvalue weighted by Crippen LogP contribution is 2.63. The van der Waals surface area contributed by atoms with Crippen molar-refractivity contribution in [3.8, 4) is 0 Å². The molecule has 356 valence electrons. The molecule has 16 atom stereocenters. The molecule has 0 aromatic heterocycles. The van der Waals surface area contributed by atoms with E-state index >= 15 is 0 Å². The number of rotatable bonds is 10. The minimum atomic E-state index is -0.154. The zero-order valence-electron chi connectivity index (χ0n) is 40.6. The Bertz CT molecular complexity index is 1240. The molecule has 0 saturated heterocycles. The van der Waals surface area contributed by atoms with Gasteiger partial charge in [0.15, 0.2) is 0 Å². The van der Waals surface area contributed by atoms with Crippen molar-refractivity contribution in [3.63, 3.8) is 0 Å². The minimum absolute atomic E-state index is 0.125. The molecule has 4 heteroatoms. The van der Waals surface area contributed by atoms with Crippen molar-refractivity contribution in [2.75, 3.05) is 0 Å². The second-order valence-corrected chi connectivity index (χ2v) is 25.9. The van der Waals surface area contributed by atoms with Gasteiger partial charge in [-0.2, -0.15) is 0 Å². The van der Waals surface area contributed by atoms with E-state index in [9.17, 15) is 20.4 Å². The lowest BCUT2D eigenvalue weighted by molar-refractivity contribution is -0.132. The molecule has 0 radical (unpaired) electrons. The maximum Gasteiger partial charge on any atom is 0.0599 e. The van der Waals surface area contributed by atoms with E-state index in [2.05, 4.69) is 13.8 Å². The van der Waals surface area contributed by atoms with Crippen molar-refractivity contribution in [3.05, 3.63) is 0 Å². The van der Waals surface area contributed by atoms with Crippen LogP contribution in [-0.4, -0.2) is 44.8 Å². The van der Waals surface area contributed by atoms with Crippen LogP contribution in [0.1, 0.15) is 239 Å². The van der Waals surface area contributed by atoms with Crippen LogP contribution < -0.4 is 0 Å². The Balaban J connectivity index is 1.00. The molecule has 62 heavy (non-hydrogen) atoms. The Labute approximate surface area is 382 Å². The van der Waals surface area contributed by atoms with Gasteiger partial charge in [-0.3, -0.25) is 0 Å². The van der Waals surface area contributed by atoms with Gasteiger partial charge < -0.3 is 20.4 Å². The standard InChI is InChI=1S/C58H100O4/c1-38-28-54(59)50(40-18-8-3-9-19-40)34-44(38)30-46-32-48(36-52(56(46)61)42-22-12-5-13-23-42)58(26-16-7-17-27-58)49-33-47(57(62)53(37-49)43-24-14-6-15-25-43)31-45-35-51(55(60)29-39(45)2)41-20-10-4-11-21-41/h38-57,59-62H,3-37H2,1-2H3. The van der Waals surface area contributed by atoms with E-state index in [4.69, 9.17) is 0 Å². The maximum atomic E-state index is 12.8. The molecule has 0 spiro atoms. The molecular weight excluding hydrogens is 761 g/mol. The summed E-state index contributed by atoms with van der Waals surface area (Å²) in [5.41, 5.74) is 0.354. The van der Waals surface area contributed by atoms with Gasteiger partial charge in [-0.15, -0.1) is 0 Å². The van der Waals surface area contributed by atoms with Crippen LogP contribution >= 0.6 is 0 Å². The largest absolute Gasteiger partial charge is 0.393 e. The van der Waals surface area contributed by atoms with Crippen LogP contribution in [-0.2, 0) is 0 Å². The average Bonchev–Trinajstić information content (AvgIpc) is 3.30.